The van der Waals surface area contributed by atoms with Crippen LogP contribution in [0.15, 0.2) is 24.5 Å². The second-order valence-corrected chi connectivity index (χ2v) is 3.42. The summed E-state index contributed by atoms with van der Waals surface area (Å²) in [7, 11) is 0. The van der Waals surface area contributed by atoms with Crippen LogP contribution in [0.25, 0.3) is 0 Å². The molecule has 0 aliphatic rings. The maximum Gasteiger partial charge on any atom is 0.115 e. The van der Waals surface area contributed by atoms with Crippen molar-refractivity contribution in [3.05, 3.63) is 24.5 Å². The molecule has 0 radical (unpaired) electrons. The summed E-state index contributed by atoms with van der Waals surface area (Å²) in [6.45, 7) is 15.6. The van der Waals surface area contributed by atoms with E-state index in [1.54, 1.807) is 0 Å². The van der Waals surface area contributed by atoms with Crippen molar-refractivity contribution < 1.29 is 4.74 Å². The highest BCUT2D eigenvalue weighted by Gasteiger charge is 2.16. The van der Waals surface area contributed by atoms with Crippen molar-refractivity contribution >= 4 is 0 Å². The number of hydrogen-bond donors (Lipinski definition) is 0. The Morgan fingerprint density at radius 2 is 1.82 bits per heavy atom. The van der Waals surface area contributed by atoms with Crippen molar-refractivity contribution in [1.29, 1.82) is 0 Å². The summed E-state index contributed by atoms with van der Waals surface area (Å²) < 4.78 is 5.55. The molecule has 0 spiro atoms. The van der Waals surface area contributed by atoms with E-state index in [0.717, 1.165) is 12.0 Å². The van der Waals surface area contributed by atoms with Gasteiger partial charge in [-0.2, -0.15) is 0 Å². The first kappa shape index (κ1) is 10.3. The van der Waals surface area contributed by atoms with Gasteiger partial charge in [0.2, 0.25) is 0 Å². The normalized spacial score (nSPS) is 10.9. The molecule has 0 saturated carbocycles. The largest absolute Gasteiger partial charge is 0.488 e. The molecule has 0 heterocycles. The third kappa shape index (κ3) is 3.87. The van der Waals surface area contributed by atoms with Crippen LogP contribution >= 0.6 is 0 Å². The predicted molar refractivity (Wildman–Crippen MR) is 49.4 cm³/mol. The van der Waals surface area contributed by atoms with Crippen LogP contribution in [0.5, 0.6) is 0 Å². The second-order valence-electron chi connectivity index (χ2n) is 3.42. The molecule has 0 aromatic carbocycles. The Morgan fingerprint density at radius 1 is 1.36 bits per heavy atom. The molecule has 0 rings (SSSR count). The van der Waals surface area contributed by atoms with Gasteiger partial charge in [-0.3, -0.25) is 0 Å². The van der Waals surface area contributed by atoms with Crippen molar-refractivity contribution in [2.45, 2.75) is 39.7 Å². The van der Waals surface area contributed by atoms with E-state index in [1.807, 2.05) is 20.8 Å². The molecular weight excluding hydrogens is 136 g/mol. The molecule has 0 aliphatic heterocycles. The Hall–Kier alpha value is -0.720. The van der Waals surface area contributed by atoms with Gasteiger partial charge in [0.15, 0.2) is 0 Å². The highest BCUT2D eigenvalue weighted by molar-refractivity contribution is 5.16. The average Bonchev–Trinajstić information content (AvgIpc) is 1.87. The maximum absolute atomic E-state index is 5.55. The first-order valence-electron chi connectivity index (χ1n) is 3.93. The van der Waals surface area contributed by atoms with Gasteiger partial charge in [-0.05, 0) is 32.8 Å². The fourth-order valence-electron chi connectivity index (χ4n) is 0.493. The number of hydrogen-bond acceptors (Lipinski definition) is 1. The van der Waals surface area contributed by atoms with Gasteiger partial charge in [-0.15, -0.1) is 0 Å². The first-order valence-corrected chi connectivity index (χ1v) is 3.93. The number of rotatable bonds is 4. The van der Waals surface area contributed by atoms with E-state index in [2.05, 4.69) is 20.1 Å². The summed E-state index contributed by atoms with van der Waals surface area (Å²) in [5.74, 6) is 0.692. The molecule has 0 fully saturated rings. The predicted octanol–water partition coefficient (Wildman–Crippen LogP) is 3.28. The topological polar surface area (TPSA) is 9.23 Å². The Bertz CT molecular complexity index is 166. The lowest BCUT2D eigenvalue weighted by atomic mass is 10.1. The first-order chi connectivity index (χ1) is 4.89. The van der Waals surface area contributed by atoms with Gasteiger partial charge in [-0.25, -0.2) is 0 Å². The van der Waals surface area contributed by atoms with Gasteiger partial charge in [0.05, 0.1) is 0 Å². The highest BCUT2D eigenvalue weighted by Crippen LogP contribution is 2.20. The zero-order valence-electron chi connectivity index (χ0n) is 8.03. The third-order valence-electron chi connectivity index (χ3n) is 1.73. The lowest BCUT2D eigenvalue weighted by Crippen LogP contribution is -2.22. The minimum absolute atomic E-state index is 0.115. The summed E-state index contributed by atoms with van der Waals surface area (Å²) >= 11 is 0. The smallest absolute Gasteiger partial charge is 0.115 e. The molecule has 0 aliphatic carbocycles. The van der Waals surface area contributed by atoms with E-state index in [1.165, 1.54) is 0 Å². The van der Waals surface area contributed by atoms with Crippen molar-refractivity contribution in [1.82, 2.24) is 0 Å². The molecule has 1 heteroatoms. The summed E-state index contributed by atoms with van der Waals surface area (Å²) in [5, 5.41) is 0. The van der Waals surface area contributed by atoms with Gasteiger partial charge in [-0.1, -0.05) is 20.1 Å². The van der Waals surface area contributed by atoms with Gasteiger partial charge in [0.1, 0.15) is 11.4 Å². The van der Waals surface area contributed by atoms with E-state index >= 15 is 0 Å². The Balaban J connectivity index is 4.04. The van der Waals surface area contributed by atoms with Crippen LogP contribution in [0.3, 0.4) is 0 Å². The Kier molecular flexibility index (Phi) is 3.37. The van der Waals surface area contributed by atoms with Crippen LogP contribution in [0, 0.1) is 0 Å². The molecule has 0 bridgehead atoms. The zero-order valence-corrected chi connectivity index (χ0v) is 8.03. The molecule has 0 atom stereocenters. The van der Waals surface area contributed by atoms with Crippen LogP contribution < -0.4 is 0 Å². The second kappa shape index (κ2) is 3.61. The van der Waals surface area contributed by atoms with Crippen molar-refractivity contribution in [2.24, 2.45) is 0 Å². The van der Waals surface area contributed by atoms with Gasteiger partial charge < -0.3 is 4.74 Å². The minimum Gasteiger partial charge on any atom is -0.488 e. The van der Waals surface area contributed by atoms with E-state index in [0.29, 0.717) is 5.76 Å². The van der Waals surface area contributed by atoms with E-state index in [-0.39, 0.29) is 5.60 Å². The number of allylic oxidation sites excluding steroid dienone is 1. The van der Waals surface area contributed by atoms with Crippen LogP contribution in [0.1, 0.15) is 34.1 Å². The average molecular weight is 154 g/mol. The molecule has 0 aromatic heterocycles. The highest BCUT2D eigenvalue weighted by atomic mass is 16.5. The summed E-state index contributed by atoms with van der Waals surface area (Å²) in [5.41, 5.74) is 0.780. The molecule has 64 valence electrons. The van der Waals surface area contributed by atoms with E-state index in [4.69, 9.17) is 4.74 Å². The molecule has 0 amide bonds. The molecule has 0 saturated heterocycles. The fourth-order valence-corrected chi connectivity index (χ4v) is 0.493. The Labute approximate surface area is 69.8 Å². The van der Waals surface area contributed by atoms with Gasteiger partial charge >= 0.3 is 0 Å². The molecular formula is C10H18O. The maximum atomic E-state index is 5.55. The van der Waals surface area contributed by atoms with E-state index < -0.39 is 0 Å². The van der Waals surface area contributed by atoms with Crippen LogP contribution in [-0.4, -0.2) is 5.60 Å². The molecule has 11 heavy (non-hydrogen) atoms. The van der Waals surface area contributed by atoms with Crippen molar-refractivity contribution in [3.8, 4) is 0 Å². The van der Waals surface area contributed by atoms with Crippen LogP contribution in [0.4, 0.5) is 0 Å². The number of ether oxygens (including phenoxy) is 1. The molecule has 1 nitrogen and oxygen atoms in total. The third-order valence-corrected chi connectivity index (χ3v) is 1.73. The standard InChI is InChI=1S/C10H18O/c1-7-10(5,6)11-9(4)8(2)3/h2,4,7H2,1,3,5-6H3. The SMILES string of the molecule is C=C(C)C(=C)OC(C)(C)CC. The molecule has 0 aromatic rings. The quantitative estimate of drug-likeness (QED) is 0.446. The van der Waals surface area contributed by atoms with E-state index in [9.17, 15) is 0 Å². The van der Waals surface area contributed by atoms with Gasteiger partial charge in [0.25, 0.3) is 0 Å². The summed E-state index contributed by atoms with van der Waals surface area (Å²) in [4.78, 5) is 0. The van der Waals surface area contributed by atoms with Crippen LogP contribution in [-0.2, 0) is 4.74 Å². The molecule has 0 unspecified atom stereocenters. The fraction of sp³-hybridized carbons (Fsp3) is 0.600. The minimum atomic E-state index is -0.115. The van der Waals surface area contributed by atoms with Gasteiger partial charge in [0, 0.05) is 0 Å². The lowest BCUT2D eigenvalue weighted by Gasteiger charge is -2.26. The van der Waals surface area contributed by atoms with Crippen molar-refractivity contribution in [2.75, 3.05) is 0 Å². The van der Waals surface area contributed by atoms with Crippen LogP contribution in [0.2, 0.25) is 0 Å². The van der Waals surface area contributed by atoms with Crippen molar-refractivity contribution in [3.63, 3.8) is 0 Å². The summed E-state index contributed by atoms with van der Waals surface area (Å²) in [6, 6.07) is 0. The summed E-state index contributed by atoms with van der Waals surface area (Å²) in [6.07, 6.45) is 0.972. The lowest BCUT2D eigenvalue weighted by molar-refractivity contribution is 0.0373. The monoisotopic (exact) mass is 154 g/mol. The Morgan fingerprint density at radius 3 is 2.09 bits per heavy atom. The molecule has 0 N–H and O–H groups in total. The zero-order chi connectivity index (χ0) is 9.07.